The van der Waals surface area contributed by atoms with Crippen LogP contribution in [0.5, 0.6) is 0 Å². The Morgan fingerprint density at radius 3 is 2.71 bits per heavy atom. The maximum absolute atomic E-state index is 13.4. The third-order valence-corrected chi connectivity index (χ3v) is 8.18. The van der Waals surface area contributed by atoms with Gasteiger partial charge in [0.2, 0.25) is 0 Å². The molecule has 3 rings (SSSR count). The van der Waals surface area contributed by atoms with Gasteiger partial charge in [-0.25, -0.2) is 4.79 Å². The van der Waals surface area contributed by atoms with E-state index in [-0.39, 0.29) is 18.0 Å². The Labute approximate surface area is 213 Å². The van der Waals surface area contributed by atoms with Crippen molar-refractivity contribution in [1.82, 2.24) is 15.5 Å². The first-order valence-electron chi connectivity index (χ1n) is 13.9. The lowest BCUT2D eigenvalue weighted by Gasteiger charge is -2.43. The average Bonchev–Trinajstić information content (AvgIpc) is 2.87. The SMILES string of the molecule is CNCC(CC1CCCCC1)NC(=O)N1CCCC(C(O)(CCCCOC)c2cccc(C)c2)C1. The zero-order valence-corrected chi connectivity index (χ0v) is 22.4. The first-order valence-corrected chi connectivity index (χ1v) is 13.9. The normalized spacial score (nSPS) is 21.9. The number of amides is 2. The van der Waals surface area contributed by atoms with E-state index in [2.05, 4.69) is 35.8 Å². The molecule has 35 heavy (non-hydrogen) atoms. The van der Waals surface area contributed by atoms with Crippen molar-refractivity contribution in [2.45, 2.75) is 89.2 Å². The third kappa shape index (κ3) is 8.19. The molecule has 1 saturated heterocycles. The number of carbonyl (C=O) groups excluding carboxylic acids is 1. The Balaban J connectivity index is 1.67. The number of hydrogen-bond acceptors (Lipinski definition) is 4. The van der Waals surface area contributed by atoms with Crippen LogP contribution in [0.2, 0.25) is 0 Å². The molecule has 1 aliphatic heterocycles. The van der Waals surface area contributed by atoms with Crippen LogP contribution < -0.4 is 10.6 Å². The molecule has 2 aliphatic rings. The Morgan fingerprint density at radius 2 is 2.00 bits per heavy atom. The number of likely N-dealkylation sites (N-methyl/N-ethyl adjacent to an activating group) is 1. The van der Waals surface area contributed by atoms with E-state index in [1.807, 2.05) is 18.0 Å². The number of nitrogens with zero attached hydrogens (tertiary/aromatic N) is 1. The van der Waals surface area contributed by atoms with E-state index in [0.29, 0.717) is 19.6 Å². The fourth-order valence-corrected chi connectivity index (χ4v) is 6.22. The smallest absolute Gasteiger partial charge is 0.317 e. The Hall–Kier alpha value is -1.63. The number of piperidine rings is 1. The highest BCUT2D eigenvalue weighted by molar-refractivity contribution is 5.74. The van der Waals surface area contributed by atoms with Crippen LogP contribution in [-0.4, -0.2) is 62.5 Å². The summed E-state index contributed by atoms with van der Waals surface area (Å²) in [7, 11) is 3.68. The molecule has 0 spiro atoms. The maximum Gasteiger partial charge on any atom is 0.317 e. The lowest BCUT2D eigenvalue weighted by Crippen LogP contribution is -2.54. The highest BCUT2D eigenvalue weighted by Crippen LogP contribution is 2.40. The van der Waals surface area contributed by atoms with E-state index >= 15 is 0 Å². The molecule has 2 amide bonds. The van der Waals surface area contributed by atoms with E-state index in [1.165, 1.54) is 32.1 Å². The number of nitrogens with one attached hydrogen (secondary N) is 2. The lowest BCUT2D eigenvalue weighted by atomic mass is 9.74. The molecule has 1 aromatic rings. The summed E-state index contributed by atoms with van der Waals surface area (Å²) in [4.78, 5) is 15.3. The van der Waals surface area contributed by atoms with Crippen LogP contribution in [0.3, 0.4) is 0 Å². The number of rotatable bonds is 12. The Morgan fingerprint density at radius 1 is 1.20 bits per heavy atom. The zero-order chi connectivity index (χ0) is 25.1. The van der Waals surface area contributed by atoms with E-state index in [4.69, 9.17) is 4.74 Å². The number of hydrogen-bond donors (Lipinski definition) is 3. The Kier molecular flexibility index (Phi) is 11.3. The van der Waals surface area contributed by atoms with Gasteiger partial charge < -0.3 is 25.4 Å². The van der Waals surface area contributed by atoms with Crippen molar-refractivity contribution in [3.63, 3.8) is 0 Å². The minimum atomic E-state index is -0.939. The topological polar surface area (TPSA) is 73.8 Å². The quantitative estimate of drug-likeness (QED) is 0.364. The first kappa shape index (κ1) is 27.9. The lowest BCUT2D eigenvalue weighted by molar-refractivity contribution is -0.0564. The van der Waals surface area contributed by atoms with Crippen LogP contribution >= 0.6 is 0 Å². The van der Waals surface area contributed by atoms with Gasteiger partial charge in [-0.3, -0.25) is 0 Å². The third-order valence-electron chi connectivity index (χ3n) is 8.18. The number of unbranched alkanes of at least 4 members (excludes halogenated alkanes) is 1. The predicted molar refractivity (Wildman–Crippen MR) is 143 cm³/mol. The van der Waals surface area contributed by atoms with Gasteiger partial charge in [0, 0.05) is 45.3 Å². The molecule has 1 heterocycles. The number of urea groups is 1. The van der Waals surface area contributed by atoms with Crippen molar-refractivity contribution in [3.8, 4) is 0 Å². The summed E-state index contributed by atoms with van der Waals surface area (Å²) in [6.45, 7) is 4.93. The molecule has 0 aromatic heterocycles. The summed E-state index contributed by atoms with van der Waals surface area (Å²) in [6.07, 6.45) is 12.0. The molecule has 3 N–H and O–H groups in total. The van der Waals surface area contributed by atoms with E-state index in [1.54, 1.807) is 7.11 Å². The molecule has 2 fully saturated rings. The number of likely N-dealkylation sites (tertiary alicyclic amines) is 1. The van der Waals surface area contributed by atoms with Gasteiger partial charge in [0.1, 0.15) is 0 Å². The molecule has 0 radical (unpaired) electrons. The van der Waals surface area contributed by atoms with Gasteiger partial charge in [0.25, 0.3) is 0 Å². The molecule has 198 valence electrons. The Bertz CT molecular complexity index is 767. The molecule has 0 bridgehead atoms. The summed E-state index contributed by atoms with van der Waals surface area (Å²) in [5, 5.41) is 18.7. The van der Waals surface area contributed by atoms with Crippen LogP contribution in [0.15, 0.2) is 24.3 Å². The fraction of sp³-hybridized carbons (Fsp3) is 0.759. The number of methoxy groups -OCH3 is 1. The molecular weight excluding hydrogens is 438 g/mol. The number of ether oxygens (including phenoxy) is 1. The number of aliphatic hydroxyl groups is 1. The van der Waals surface area contributed by atoms with Crippen molar-refractivity contribution in [2.24, 2.45) is 11.8 Å². The van der Waals surface area contributed by atoms with Gasteiger partial charge in [-0.2, -0.15) is 0 Å². The van der Waals surface area contributed by atoms with Crippen molar-refractivity contribution in [1.29, 1.82) is 0 Å². The second kappa shape index (κ2) is 14.2. The molecule has 6 heteroatoms. The van der Waals surface area contributed by atoms with Gasteiger partial charge in [0.15, 0.2) is 0 Å². The molecule has 6 nitrogen and oxygen atoms in total. The molecule has 1 aromatic carbocycles. The zero-order valence-electron chi connectivity index (χ0n) is 22.4. The van der Waals surface area contributed by atoms with E-state index in [9.17, 15) is 9.90 Å². The second-order valence-corrected chi connectivity index (χ2v) is 11.0. The van der Waals surface area contributed by atoms with Crippen molar-refractivity contribution in [3.05, 3.63) is 35.4 Å². The summed E-state index contributed by atoms with van der Waals surface area (Å²) in [5.41, 5.74) is 1.19. The fourth-order valence-electron chi connectivity index (χ4n) is 6.22. The number of benzene rings is 1. The van der Waals surface area contributed by atoms with E-state index in [0.717, 1.165) is 62.2 Å². The van der Waals surface area contributed by atoms with Crippen LogP contribution in [0.25, 0.3) is 0 Å². The summed E-state index contributed by atoms with van der Waals surface area (Å²) in [6, 6.07) is 8.45. The predicted octanol–water partition coefficient (Wildman–Crippen LogP) is 4.98. The summed E-state index contributed by atoms with van der Waals surface area (Å²) in [5.74, 6) is 0.738. The minimum absolute atomic E-state index is 0.0208. The van der Waals surface area contributed by atoms with Crippen LogP contribution in [0.4, 0.5) is 4.79 Å². The van der Waals surface area contributed by atoms with Gasteiger partial charge in [-0.15, -0.1) is 0 Å². The van der Waals surface area contributed by atoms with Crippen molar-refractivity contribution < 1.29 is 14.6 Å². The van der Waals surface area contributed by atoms with Crippen molar-refractivity contribution >= 4 is 6.03 Å². The number of aryl methyl sites for hydroxylation is 1. The largest absolute Gasteiger partial charge is 0.385 e. The molecule has 3 unspecified atom stereocenters. The summed E-state index contributed by atoms with van der Waals surface area (Å²) < 4.78 is 5.24. The van der Waals surface area contributed by atoms with Gasteiger partial charge in [0.05, 0.1) is 5.60 Å². The van der Waals surface area contributed by atoms with Crippen LogP contribution in [0.1, 0.15) is 81.8 Å². The minimum Gasteiger partial charge on any atom is -0.385 e. The van der Waals surface area contributed by atoms with Gasteiger partial charge in [-0.1, -0.05) is 61.9 Å². The maximum atomic E-state index is 13.4. The molecule has 3 atom stereocenters. The highest BCUT2D eigenvalue weighted by Gasteiger charge is 2.41. The average molecular weight is 488 g/mol. The van der Waals surface area contributed by atoms with Gasteiger partial charge in [-0.05, 0) is 64.0 Å². The number of carbonyl (C=O) groups is 1. The highest BCUT2D eigenvalue weighted by atomic mass is 16.5. The first-order chi connectivity index (χ1) is 17.0. The standard InChI is InChI=1S/C29H49N3O3/c1-23-11-9-14-25(19-23)29(34,16-7-8-18-35-3)26-15-10-17-32(22-26)28(33)31-27(21-30-2)20-24-12-5-4-6-13-24/h9,11,14,19,24,26-27,30,34H,4-8,10,12-13,15-18,20-22H2,1-3H3,(H,31,33). The molecule has 1 aliphatic carbocycles. The molecule has 1 saturated carbocycles. The summed E-state index contributed by atoms with van der Waals surface area (Å²) >= 11 is 0. The van der Waals surface area contributed by atoms with Gasteiger partial charge >= 0.3 is 6.03 Å². The second-order valence-electron chi connectivity index (χ2n) is 11.0. The van der Waals surface area contributed by atoms with E-state index < -0.39 is 5.60 Å². The van der Waals surface area contributed by atoms with Crippen molar-refractivity contribution in [2.75, 3.05) is 40.4 Å². The molecular formula is C29H49N3O3. The van der Waals surface area contributed by atoms with Crippen LogP contribution in [-0.2, 0) is 10.3 Å². The monoisotopic (exact) mass is 487 g/mol. The van der Waals surface area contributed by atoms with Crippen LogP contribution in [0, 0.1) is 18.8 Å².